The zero-order valence-corrected chi connectivity index (χ0v) is 21.4. The summed E-state index contributed by atoms with van der Waals surface area (Å²) in [4.78, 5) is 35.9. The van der Waals surface area contributed by atoms with Gasteiger partial charge in [-0.05, 0) is 55.6 Å². The van der Waals surface area contributed by atoms with Gasteiger partial charge in [0.05, 0.1) is 16.1 Å². The van der Waals surface area contributed by atoms with Gasteiger partial charge in [-0.25, -0.2) is 15.0 Å². The van der Waals surface area contributed by atoms with E-state index in [-0.39, 0.29) is 11.2 Å². The third-order valence-electron chi connectivity index (χ3n) is 6.47. The van der Waals surface area contributed by atoms with Crippen LogP contribution in [0.2, 0.25) is 5.02 Å². The molecule has 0 radical (unpaired) electrons. The Morgan fingerprint density at radius 1 is 0.895 bits per heavy atom. The lowest BCUT2D eigenvalue weighted by Gasteiger charge is -2.34. The summed E-state index contributed by atoms with van der Waals surface area (Å²) in [6, 6.07) is 17.0. The second-order valence-corrected chi connectivity index (χ2v) is 9.41. The molecule has 6 rings (SSSR count). The highest BCUT2D eigenvalue weighted by Crippen LogP contribution is 2.26. The van der Waals surface area contributed by atoms with Crippen LogP contribution in [0, 0.1) is 0 Å². The standard InChI is InChI=1S/C27H24ClN9O/c1-35-13-15-36(16-14-35)19-9-7-18(8-10-19)32-27-31-17-20-23(33-27)24(22-6-2-3-11-29-22)34-37(26(20)38)25-21(28)5-4-12-30-25/h2-12,17H,13-16H2,1H3,(H,31,32,33). The van der Waals surface area contributed by atoms with E-state index in [2.05, 4.69) is 59.3 Å². The molecule has 1 aliphatic heterocycles. The zero-order valence-electron chi connectivity index (χ0n) is 20.6. The van der Waals surface area contributed by atoms with Gasteiger partial charge in [0.15, 0.2) is 5.82 Å². The number of piperazine rings is 1. The number of hydrogen-bond donors (Lipinski definition) is 1. The first-order chi connectivity index (χ1) is 18.6. The first-order valence-corrected chi connectivity index (χ1v) is 12.6. The number of halogens is 1. The van der Waals surface area contributed by atoms with Crippen molar-refractivity contribution in [2.24, 2.45) is 0 Å². The van der Waals surface area contributed by atoms with Gasteiger partial charge >= 0.3 is 0 Å². The summed E-state index contributed by atoms with van der Waals surface area (Å²) in [7, 11) is 2.14. The molecule has 0 unspecified atom stereocenters. The average Bonchev–Trinajstić information content (AvgIpc) is 2.95. The monoisotopic (exact) mass is 525 g/mol. The van der Waals surface area contributed by atoms with Crippen LogP contribution in [0.4, 0.5) is 17.3 Å². The minimum atomic E-state index is -0.427. The molecular formula is C27H24ClN9O. The van der Waals surface area contributed by atoms with Crippen LogP contribution >= 0.6 is 11.6 Å². The van der Waals surface area contributed by atoms with Gasteiger partial charge in [-0.3, -0.25) is 9.78 Å². The van der Waals surface area contributed by atoms with E-state index in [1.807, 2.05) is 30.3 Å². The SMILES string of the molecule is CN1CCN(c2ccc(Nc3ncc4c(=O)n(-c5ncccc5Cl)nc(-c5ccccn5)c4n3)cc2)CC1. The highest BCUT2D eigenvalue weighted by molar-refractivity contribution is 6.32. The number of pyridine rings is 2. The van der Waals surface area contributed by atoms with Gasteiger partial charge in [0, 0.05) is 56.1 Å². The summed E-state index contributed by atoms with van der Waals surface area (Å²) in [6.07, 6.45) is 4.71. The second-order valence-electron chi connectivity index (χ2n) is 9.01. The smallest absolute Gasteiger partial charge is 0.284 e. The lowest BCUT2D eigenvalue weighted by molar-refractivity contribution is 0.313. The number of fused-ring (bicyclic) bond motifs is 1. The van der Waals surface area contributed by atoms with E-state index in [4.69, 9.17) is 11.6 Å². The first kappa shape index (κ1) is 24.0. The largest absolute Gasteiger partial charge is 0.369 e. The normalized spacial score (nSPS) is 14.1. The number of anilines is 3. The van der Waals surface area contributed by atoms with Crippen LogP contribution in [0.5, 0.6) is 0 Å². The van der Waals surface area contributed by atoms with Gasteiger partial charge in [-0.15, -0.1) is 0 Å². The zero-order chi connectivity index (χ0) is 26.1. The first-order valence-electron chi connectivity index (χ1n) is 12.2. The van der Waals surface area contributed by atoms with Crippen molar-refractivity contribution in [2.75, 3.05) is 43.4 Å². The molecule has 1 aromatic carbocycles. The van der Waals surface area contributed by atoms with E-state index in [1.54, 1.807) is 24.5 Å². The Morgan fingerprint density at radius 3 is 2.42 bits per heavy atom. The molecule has 0 aliphatic carbocycles. The number of likely N-dealkylation sites (N-methyl/N-ethyl adjacent to an activating group) is 1. The van der Waals surface area contributed by atoms with E-state index in [9.17, 15) is 4.79 Å². The van der Waals surface area contributed by atoms with Crippen LogP contribution in [-0.4, -0.2) is 67.8 Å². The maximum Gasteiger partial charge on any atom is 0.284 e. The van der Waals surface area contributed by atoms with Crippen molar-refractivity contribution in [3.8, 4) is 17.2 Å². The Kier molecular flexibility index (Phi) is 6.40. The van der Waals surface area contributed by atoms with Gasteiger partial charge in [0.25, 0.3) is 5.56 Å². The molecule has 10 nitrogen and oxygen atoms in total. The summed E-state index contributed by atoms with van der Waals surface area (Å²) in [6.45, 7) is 4.10. The quantitative estimate of drug-likeness (QED) is 0.367. The Morgan fingerprint density at radius 2 is 1.68 bits per heavy atom. The molecule has 190 valence electrons. The summed E-state index contributed by atoms with van der Waals surface area (Å²) >= 11 is 6.34. The number of hydrogen-bond acceptors (Lipinski definition) is 9. The molecule has 4 aromatic heterocycles. The molecule has 0 bridgehead atoms. The summed E-state index contributed by atoms with van der Waals surface area (Å²) in [5.41, 5.74) is 2.94. The lowest BCUT2D eigenvalue weighted by atomic mass is 10.2. The molecule has 38 heavy (non-hydrogen) atoms. The van der Waals surface area contributed by atoms with Crippen molar-refractivity contribution < 1.29 is 0 Å². The molecule has 0 spiro atoms. The third kappa shape index (κ3) is 4.67. The fourth-order valence-corrected chi connectivity index (χ4v) is 4.59. The minimum absolute atomic E-state index is 0.223. The Hall–Kier alpha value is -4.41. The molecule has 0 atom stereocenters. The van der Waals surface area contributed by atoms with Crippen LogP contribution in [0.15, 0.2) is 78.0 Å². The van der Waals surface area contributed by atoms with E-state index < -0.39 is 5.56 Å². The molecule has 1 fully saturated rings. The second kappa shape index (κ2) is 10.2. The topological polar surface area (TPSA) is 105 Å². The fourth-order valence-electron chi connectivity index (χ4n) is 4.39. The van der Waals surface area contributed by atoms with E-state index in [0.717, 1.165) is 31.9 Å². The molecule has 5 heterocycles. The maximum absolute atomic E-state index is 13.4. The van der Waals surface area contributed by atoms with Crippen molar-refractivity contribution in [2.45, 2.75) is 0 Å². The van der Waals surface area contributed by atoms with Crippen LogP contribution < -0.4 is 15.8 Å². The van der Waals surface area contributed by atoms with Gasteiger partial charge in [0.1, 0.15) is 11.2 Å². The molecule has 1 saturated heterocycles. The van der Waals surface area contributed by atoms with Crippen molar-refractivity contribution >= 4 is 39.8 Å². The maximum atomic E-state index is 13.4. The molecule has 1 N–H and O–H groups in total. The van der Waals surface area contributed by atoms with Crippen molar-refractivity contribution in [1.82, 2.24) is 34.6 Å². The molecule has 0 amide bonds. The minimum Gasteiger partial charge on any atom is -0.369 e. The summed E-state index contributed by atoms with van der Waals surface area (Å²) in [5.74, 6) is 0.567. The Labute approximate surface area is 223 Å². The molecule has 5 aromatic rings. The molecule has 1 aliphatic rings. The third-order valence-corrected chi connectivity index (χ3v) is 6.77. The van der Waals surface area contributed by atoms with Crippen molar-refractivity contribution in [3.63, 3.8) is 0 Å². The van der Waals surface area contributed by atoms with E-state index >= 15 is 0 Å². The van der Waals surface area contributed by atoms with Gasteiger partial charge in [-0.2, -0.15) is 9.78 Å². The predicted molar refractivity (Wildman–Crippen MR) is 148 cm³/mol. The van der Waals surface area contributed by atoms with Gasteiger partial charge in [-0.1, -0.05) is 17.7 Å². The summed E-state index contributed by atoms with van der Waals surface area (Å²) in [5, 5.41) is 8.41. The Bertz CT molecular complexity index is 1650. The van der Waals surface area contributed by atoms with Gasteiger partial charge < -0.3 is 15.1 Å². The lowest BCUT2D eigenvalue weighted by Crippen LogP contribution is -2.44. The van der Waals surface area contributed by atoms with Crippen molar-refractivity contribution in [1.29, 1.82) is 0 Å². The number of aromatic nitrogens is 6. The van der Waals surface area contributed by atoms with Crippen LogP contribution in [0.25, 0.3) is 28.1 Å². The van der Waals surface area contributed by atoms with E-state index in [0.29, 0.717) is 27.9 Å². The number of benzene rings is 1. The van der Waals surface area contributed by atoms with Crippen LogP contribution in [0.3, 0.4) is 0 Å². The highest BCUT2D eigenvalue weighted by atomic mass is 35.5. The van der Waals surface area contributed by atoms with Crippen LogP contribution in [0.1, 0.15) is 0 Å². The van der Waals surface area contributed by atoms with Gasteiger partial charge in [0.2, 0.25) is 5.95 Å². The summed E-state index contributed by atoms with van der Waals surface area (Å²) < 4.78 is 1.17. The van der Waals surface area contributed by atoms with E-state index in [1.165, 1.54) is 16.6 Å². The highest BCUT2D eigenvalue weighted by Gasteiger charge is 2.19. The predicted octanol–water partition coefficient (Wildman–Crippen LogP) is 3.78. The molecule has 0 saturated carbocycles. The van der Waals surface area contributed by atoms with Crippen LogP contribution in [-0.2, 0) is 0 Å². The molecule has 11 heteroatoms. The Balaban J connectivity index is 1.38. The fraction of sp³-hybridized carbons (Fsp3) is 0.185. The average molecular weight is 526 g/mol. The number of rotatable bonds is 5. The van der Waals surface area contributed by atoms with Crippen molar-refractivity contribution in [3.05, 3.63) is 88.6 Å². The number of nitrogens with zero attached hydrogens (tertiary/aromatic N) is 8. The number of nitrogens with one attached hydrogen (secondary N) is 1. The molecular weight excluding hydrogens is 502 g/mol.